The van der Waals surface area contributed by atoms with Gasteiger partial charge in [-0.2, -0.15) is 0 Å². The molecule has 3 aromatic rings. The van der Waals surface area contributed by atoms with E-state index in [1.54, 1.807) is 6.07 Å². The summed E-state index contributed by atoms with van der Waals surface area (Å²) in [5.74, 6) is -0.345. The third kappa shape index (κ3) is 4.30. The van der Waals surface area contributed by atoms with Crippen LogP contribution in [-0.4, -0.2) is 34.6 Å². The van der Waals surface area contributed by atoms with E-state index in [9.17, 15) is 14.7 Å². The van der Waals surface area contributed by atoms with Gasteiger partial charge in [-0.1, -0.05) is 6.07 Å². The third-order valence-electron chi connectivity index (χ3n) is 3.84. The van der Waals surface area contributed by atoms with Crippen molar-refractivity contribution in [3.63, 3.8) is 0 Å². The molecule has 0 saturated heterocycles. The van der Waals surface area contributed by atoms with Crippen LogP contribution in [0.5, 0.6) is 5.75 Å². The number of rotatable bonds is 6. The Labute approximate surface area is 151 Å². The highest BCUT2D eigenvalue weighted by Crippen LogP contribution is 2.11. The summed E-state index contributed by atoms with van der Waals surface area (Å²) in [6.07, 6.45) is 3.83. The van der Waals surface area contributed by atoms with E-state index in [1.807, 2.05) is 47.3 Å². The minimum Gasteiger partial charge on any atom is -0.508 e. The molecule has 1 heterocycles. The maximum Gasteiger partial charge on any atom is 0.251 e. The second kappa shape index (κ2) is 8.02. The van der Waals surface area contributed by atoms with Crippen molar-refractivity contribution >= 4 is 11.8 Å². The maximum atomic E-state index is 12.3. The fraction of sp³-hybridized carbons (Fsp3) is 0.100. The Balaban J connectivity index is 1.49. The van der Waals surface area contributed by atoms with Gasteiger partial charge in [0.05, 0.1) is 0 Å². The van der Waals surface area contributed by atoms with Crippen molar-refractivity contribution in [1.82, 2.24) is 15.2 Å². The molecule has 0 aliphatic carbocycles. The predicted molar refractivity (Wildman–Crippen MR) is 98.5 cm³/mol. The van der Waals surface area contributed by atoms with Gasteiger partial charge >= 0.3 is 0 Å². The molecule has 0 spiro atoms. The first-order chi connectivity index (χ1) is 12.6. The molecule has 0 saturated carbocycles. The van der Waals surface area contributed by atoms with E-state index in [1.165, 1.54) is 24.3 Å². The zero-order chi connectivity index (χ0) is 18.4. The third-order valence-corrected chi connectivity index (χ3v) is 3.84. The number of nitrogens with zero attached hydrogens (tertiary/aromatic N) is 1. The lowest BCUT2D eigenvalue weighted by Gasteiger charge is -2.09. The number of phenols is 1. The number of carbonyl (C=O) groups is 2. The Bertz CT molecular complexity index is 887. The van der Waals surface area contributed by atoms with Gasteiger partial charge in [-0.25, -0.2) is 0 Å². The SMILES string of the molecule is O=C(NCCNC(=O)c1cccc(-n2cccc2)c1)c1ccc(O)cc1. The number of phenolic OH excluding ortho intramolecular Hbond substituents is 1. The van der Waals surface area contributed by atoms with Gasteiger partial charge in [0.25, 0.3) is 11.8 Å². The Morgan fingerprint density at radius 3 is 2.08 bits per heavy atom. The van der Waals surface area contributed by atoms with Crippen molar-refractivity contribution in [3.05, 3.63) is 84.2 Å². The monoisotopic (exact) mass is 349 g/mol. The average Bonchev–Trinajstić information content (AvgIpc) is 3.20. The van der Waals surface area contributed by atoms with Crippen LogP contribution < -0.4 is 10.6 Å². The lowest BCUT2D eigenvalue weighted by molar-refractivity contribution is 0.0927. The number of hydrogen-bond acceptors (Lipinski definition) is 3. The summed E-state index contributed by atoms with van der Waals surface area (Å²) in [5.41, 5.74) is 1.91. The van der Waals surface area contributed by atoms with Gasteiger partial charge in [0.15, 0.2) is 0 Å². The molecule has 132 valence electrons. The standard InChI is InChI=1S/C20H19N3O3/c24-18-8-6-15(7-9-18)19(25)21-10-11-22-20(26)16-4-3-5-17(14-16)23-12-1-2-13-23/h1-9,12-14,24H,10-11H2,(H,21,25)(H,22,26). The molecule has 0 fully saturated rings. The van der Waals surface area contributed by atoms with E-state index in [0.29, 0.717) is 24.2 Å². The van der Waals surface area contributed by atoms with Crippen LogP contribution in [0.1, 0.15) is 20.7 Å². The van der Waals surface area contributed by atoms with Crippen molar-refractivity contribution in [3.8, 4) is 11.4 Å². The van der Waals surface area contributed by atoms with Crippen molar-refractivity contribution in [2.24, 2.45) is 0 Å². The van der Waals surface area contributed by atoms with Crippen molar-refractivity contribution < 1.29 is 14.7 Å². The van der Waals surface area contributed by atoms with Crippen molar-refractivity contribution in [2.75, 3.05) is 13.1 Å². The zero-order valence-electron chi connectivity index (χ0n) is 14.1. The molecule has 3 rings (SSSR count). The molecule has 1 aromatic heterocycles. The second-order valence-electron chi connectivity index (χ2n) is 5.70. The highest BCUT2D eigenvalue weighted by molar-refractivity contribution is 5.95. The number of aromatic hydroxyl groups is 1. The quantitative estimate of drug-likeness (QED) is 0.597. The fourth-order valence-electron chi connectivity index (χ4n) is 2.48. The molecule has 6 nitrogen and oxygen atoms in total. The normalized spacial score (nSPS) is 10.3. The summed E-state index contributed by atoms with van der Waals surface area (Å²) in [6, 6.07) is 17.1. The second-order valence-corrected chi connectivity index (χ2v) is 5.70. The van der Waals surface area contributed by atoms with Gasteiger partial charge < -0.3 is 20.3 Å². The highest BCUT2D eigenvalue weighted by atomic mass is 16.3. The Morgan fingerprint density at radius 2 is 1.42 bits per heavy atom. The zero-order valence-corrected chi connectivity index (χ0v) is 14.1. The number of nitrogens with one attached hydrogen (secondary N) is 2. The molecule has 26 heavy (non-hydrogen) atoms. The Morgan fingerprint density at radius 1 is 0.808 bits per heavy atom. The van der Waals surface area contributed by atoms with Gasteiger partial charge in [-0.3, -0.25) is 9.59 Å². The Kier molecular flexibility index (Phi) is 5.34. The first kappa shape index (κ1) is 17.3. The number of hydrogen-bond donors (Lipinski definition) is 3. The van der Waals surface area contributed by atoms with Crippen LogP contribution in [0.2, 0.25) is 0 Å². The summed E-state index contributed by atoms with van der Waals surface area (Å²) in [4.78, 5) is 24.2. The highest BCUT2D eigenvalue weighted by Gasteiger charge is 2.08. The number of aromatic nitrogens is 1. The minimum absolute atomic E-state index is 0.107. The van der Waals surface area contributed by atoms with Crippen molar-refractivity contribution in [2.45, 2.75) is 0 Å². The summed E-state index contributed by atoms with van der Waals surface area (Å²) >= 11 is 0. The molecule has 0 unspecified atom stereocenters. The first-order valence-corrected chi connectivity index (χ1v) is 8.22. The van der Waals surface area contributed by atoms with E-state index in [-0.39, 0.29) is 17.6 Å². The summed E-state index contributed by atoms with van der Waals surface area (Å²) in [7, 11) is 0. The first-order valence-electron chi connectivity index (χ1n) is 8.22. The van der Waals surface area contributed by atoms with Crippen molar-refractivity contribution in [1.29, 1.82) is 0 Å². The van der Waals surface area contributed by atoms with Crippen LogP contribution in [0.25, 0.3) is 5.69 Å². The number of amides is 2. The number of carbonyl (C=O) groups excluding carboxylic acids is 2. The van der Waals surface area contributed by atoms with E-state index >= 15 is 0 Å². The maximum absolute atomic E-state index is 12.3. The van der Waals surface area contributed by atoms with E-state index in [0.717, 1.165) is 5.69 Å². The van der Waals surface area contributed by atoms with Gasteiger partial charge in [-0.15, -0.1) is 0 Å². The van der Waals surface area contributed by atoms with Crippen LogP contribution in [0.3, 0.4) is 0 Å². The van der Waals surface area contributed by atoms with Gasteiger partial charge in [0.2, 0.25) is 0 Å². The van der Waals surface area contributed by atoms with Crippen LogP contribution in [-0.2, 0) is 0 Å². The molecule has 6 heteroatoms. The predicted octanol–water partition coefficient (Wildman–Crippen LogP) is 2.34. The summed E-state index contributed by atoms with van der Waals surface area (Å²) in [5, 5.41) is 14.7. The topological polar surface area (TPSA) is 83.4 Å². The smallest absolute Gasteiger partial charge is 0.251 e. The van der Waals surface area contributed by atoms with E-state index < -0.39 is 0 Å². The van der Waals surface area contributed by atoms with Crippen LogP contribution in [0.4, 0.5) is 0 Å². The largest absolute Gasteiger partial charge is 0.508 e. The molecular formula is C20H19N3O3. The van der Waals surface area contributed by atoms with Gasteiger partial charge in [0, 0.05) is 42.3 Å². The van der Waals surface area contributed by atoms with Gasteiger partial charge in [0.1, 0.15) is 5.75 Å². The van der Waals surface area contributed by atoms with Gasteiger partial charge in [-0.05, 0) is 54.6 Å². The van der Waals surface area contributed by atoms with Crippen LogP contribution >= 0.6 is 0 Å². The molecule has 0 radical (unpaired) electrons. The van der Waals surface area contributed by atoms with E-state index in [2.05, 4.69) is 10.6 Å². The summed E-state index contributed by atoms with van der Waals surface area (Å²) < 4.78 is 1.93. The molecule has 3 N–H and O–H groups in total. The van der Waals surface area contributed by atoms with E-state index in [4.69, 9.17) is 0 Å². The molecule has 0 aliphatic heterocycles. The lowest BCUT2D eigenvalue weighted by Crippen LogP contribution is -2.34. The molecule has 0 aliphatic rings. The molecular weight excluding hydrogens is 330 g/mol. The summed E-state index contributed by atoms with van der Waals surface area (Å²) in [6.45, 7) is 0.624. The van der Waals surface area contributed by atoms with Crippen LogP contribution in [0.15, 0.2) is 73.1 Å². The average molecular weight is 349 g/mol. The lowest BCUT2D eigenvalue weighted by atomic mass is 10.2. The fourth-order valence-corrected chi connectivity index (χ4v) is 2.48. The molecule has 0 bridgehead atoms. The minimum atomic E-state index is -0.256. The van der Waals surface area contributed by atoms with Crippen LogP contribution in [0, 0.1) is 0 Å². The number of benzene rings is 2. The molecule has 2 amide bonds. The molecule has 0 atom stereocenters. The Hall–Kier alpha value is -3.54. The molecule has 2 aromatic carbocycles.